The zero-order valence-electron chi connectivity index (χ0n) is 12.9. The Morgan fingerprint density at radius 3 is 2.62 bits per heavy atom. The van der Waals surface area contributed by atoms with Gasteiger partial charge in [-0.15, -0.1) is 0 Å². The van der Waals surface area contributed by atoms with Gasteiger partial charge in [0.1, 0.15) is 11.5 Å². The number of aryl methyl sites for hydroxylation is 1. The van der Waals surface area contributed by atoms with Crippen molar-refractivity contribution >= 4 is 15.9 Å². The zero-order chi connectivity index (χ0) is 15.5. The largest absolute Gasteiger partial charge is 0.455 e. The maximum absolute atomic E-state index is 5.88. The molecule has 1 heterocycles. The Morgan fingerprint density at radius 1 is 1.24 bits per heavy atom. The molecule has 0 saturated heterocycles. The van der Waals surface area contributed by atoms with Gasteiger partial charge in [0.05, 0.1) is 5.69 Å². The summed E-state index contributed by atoms with van der Waals surface area (Å²) in [5.74, 6) is 1.59. The molecule has 0 bridgehead atoms. The van der Waals surface area contributed by atoms with E-state index >= 15 is 0 Å². The molecule has 0 aliphatic rings. The highest BCUT2D eigenvalue weighted by atomic mass is 79.9. The van der Waals surface area contributed by atoms with E-state index in [9.17, 15) is 0 Å². The lowest BCUT2D eigenvalue weighted by molar-refractivity contribution is 0.423. The van der Waals surface area contributed by atoms with Gasteiger partial charge in [0, 0.05) is 22.8 Å². The predicted octanol–water partition coefficient (Wildman–Crippen LogP) is 4.83. The third-order valence-electron chi connectivity index (χ3n) is 3.02. The Kier molecular flexibility index (Phi) is 5.01. The zero-order valence-corrected chi connectivity index (χ0v) is 14.5. The molecule has 0 saturated carbocycles. The summed E-state index contributed by atoms with van der Waals surface area (Å²) in [6, 6.07) is 9.84. The summed E-state index contributed by atoms with van der Waals surface area (Å²) in [4.78, 5) is 4.23. The Bertz CT molecular complexity index is 620. The first-order chi connectivity index (χ1) is 9.85. The fourth-order valence-electron chi connectivity index (χ4n) is 1.80. The van der Waals surface area contributed by atoms with Crippen LogP contribution in [0, 0.1) is 6.92 Å². The normalized spacial score (nSPS) is 11.5. The number of hydrogen-bond donors (Lipinski definition) is 1. The minimum Gasteiger partial charge on any atom is -0.455 e. The smallest absolute Gasteiger partial charge is 0.148 e. The molecule has 0 unspecified atom stereocenters. The van der Waals surface area contributed by atoms with Crippen LogP contribution in [0.2, 0.25) is 0 Å². The maximum Gasteiger partial charge on any atom is 0.148 e. The minimum atomic E-state index is 0.0986. The first-order valence-electron chi connectivity index (χ1n) is 6.98. The molecule has 0 fully saturated rings. The van der Waals surface area contributed by atoms with Gasteiger partial charge in [-0.05, 0) is 57.5 Å². The van der Waals surface area contributed by atoms with Crippen LogP contribution in [0.25, 0.3) is 0 Å². The highest BCUT2D eigenvalue weighted by Crippen LogP contribution is 2.28. The standard InChI is InChI=1S/C17H21BrN2O/c1-12-16(6-5-9-19-12)21-14-8-7-13(15(18)10-14)11-20-17(2,3)4/h5-10,20H,11H2,1-4H3. The number of hydrogen-bond acceptors (Lipinski definition) is 3. The second kappa shape index (κ2) is 6.58. The summed E-state index contributed by atoms with van der Waals surface area (Å²) in [7, 11) is 0. The van der Waals surface area contributed by atoms with Crippen molar-refractivity contribution in [1.82, 2.24) is 10.3 Å². The topological polar surface area (TPSA) is 34.1 Å². The molecule has 1 aromatic carbocycles. The lowest BCUT2D eigenvalue weighted by atomic mass is 10.1. The predicted molar refractivity (Wildman–Crippen MR) is 89.8 cm³/mol. The lowest BCUT2D eigenvalue weighted by Crippen LogP contribution is -2.35. The van der Waals surface area contributed by atoms with Crippen molar-refractivity contribution in [3.63, 3.8) is 0 Å². The number of nitrogens with one attached hydrogen (secondary N) is 1. The average Bonchev–Trinajstić information content (AvgIpc) is 2.39. The third kappa shape index (κ3) is 4.83. The summed E-state index contributed by atoms with van der Waals surface area (Å²) in [5.41, 5.74) is 2.19. The first-order valence-corrected chi connectivity index (χ1v) is 7.77. The van der Waals surface area contributed by atoms with Crippen molar-refractivity contribution in [2.24, 2.45) is 0 Å². The van der Waals surface area contributed by atoms with Crippen LogP contribution in [0.4, 0.5) is 0 Å². The summed E-state index contributed by atoms with van der Waals surface area (Å²) >= 11 is 3.61. The SMILES string of the molecule is Cc1ncccc1Oc1ccc(CNC(C)(C)C)c(Br)c1. The highest BCUT2D eigenvalue weighted by Gasteiger charge is 2.10. The molecule has 0 atom stereocenters. The van der Waals surface area contributed by atoms with E-state index < -0.39 is 0 Å². The number of aromatic nitrogens is 1. The fraction of sp³-hybridized carbons (Fsp3) is 0.353. The summed E-state index contributed by atoms with van der Waals surface area (Å²) < 4.78 is 6.92. The Labute approximate surface area is 134 Å². The molecule has 2 rings (SSSR count). The van der Waals surface area contributed by atoms with Gasteiger partial charge in [0.2, 0.25) is 0 Å². The molecule has 0 radical (unpaired) electrons. The van der Waals surface area contributed by atoms with Gasteiger partial charge in [-0.3, -0.25) is 4.98 Å². The lowest BCUT2D eigenvalue weighted by Gasteiger charge is -2.21. The van der Waals surface area contributed by atoms with E-state index in [4.69, 9.17) is 4.74 Å². The number of nitrogens with zero attached hydrogens (tertiary/aromatic N) is 1. The van der Waals surface area contributed by atoms with E-state index in [1.54, 1.807) is 6.20 Å². The fourth-order valence-corrected chi connectivity index (χ4v) is 2.30. The molecule has 1 N–H and O–H groups in total. The first kappa shape index (κ1) is 16.0. The molecule has 4 heteroatoms. The van der Waals surface area contributed by atoms with E-state index in [1.807, 2.05) is 31.2 Å². The van der Waals surface area contributed by atoms with Crippen LogP contribution in [-0.4, -0.2) is 10.5 Å². The van der Waals surface area contributed by atoms with E-state index in [0.29, 0.717) is 0 Å². The molecule has 3 nitrogen and oxygen atoms in total. The molecular formula is C17H21BrN2O. The Hall–Kier alpha value is -1.39. The number of halogens is 1. The van der Waals surface area contributed by atoms with Gasteiger partial charge < -0.3 is 10.1 Å². The van der Waals surface area contributed by atoms with E-state index in [1.165, 1.54) is 5.56 Å². The van der Waals surface area contributed by atoms with Gasteiger partial charge in [0.25, 0.3) is 0 Å². The molecule has 0 aliphatic carbocycles. The van der Waals surface area contributed by atoms with Gasteiger partial charge in [-0.1, -0.05) is 22.0 Å². The number of rotatable bonds is 4. The molecule has 0 amide bonds. The minimum absolute atomic E-state index is 0.0986. The highest BCUT2D eigenvalue weighted by molar-refractivity contribution is 9.10. The van der Waals surface area contributed by atoms with E-state index in [2.05, 4.69) is 53.1 Å². The van der Waals surface area contributed by atoms with Crippen molar-refractivity contribution in [2.75, 3.05) is 0 Å². The van der Waals surface area contributed by atoms with Crippen LogP contribution in [0.1, 0.15) is 32.0 Å². The average molecular weight is 349 g/mol. The molecule has 1 aromatic heterocycles. The van der Waals surface area contributed by atoms with Gasteiger partial charge in [-0.25, -0.2) is 0 Å². The van der Waals surface area contributed by atoms with Crippen LogP contribution < -0.4 is 10.1 Å². The van der Waals surface area contributed by atoms with Crippen LogP contribution >= 0.6 is 15.9 Å². The van der Waals surface area contributed by atoms with Crippen molar-refractivity contribution in [3.05, 3.63) is 52.3 Å². The monoisotopic (exact) mass is 348 g/mol. The number of ether oxygens (including phenoxy) is 1. The molecule has 0 spiro atoms. The van der Waals surface area contributed by atoms with Gasteiger partial charge in [-0.2, -0.15) is 0 Å². The molecule has 112 valence electrons. The van der Waals surface area contributed by atoms with Crippen LogP contribution in [0.5, 0.6) is 11.5 Å². The van der Waals surface area contributed by atoms with Gasteiger partial charge in [0.15, 0.2) is 0 Å². The molecule has 2 aromatic rings. The number of pyridine rings is 1. The second-order valence-corrected chi connectivity index (χ2v) is 6.90. The molecular weight excluding hydrogens is 328 g/mol. The van der Waals surface area contributed by atoms with E-state index in [0.717, 1.165) is 28.2 Å². The van der Waals surface area contributed by atoms with E-state index in [-0.39, 0.29) is 5.54 Å². The maximum atomic E-state index is 5.88. The summed E-state index contributed by atoms with van der Waals surface area (Å²) in [5, 5.41) is 3.48. The Balaban J connectivity index is 2.10. The third-order valence-corrected chi connectivity index (χ3v) is 3.76. The van der Waals surface area contributed by atoms with Crippen molar-refractivity contribution < 1.29 is 4.74 Å². The quantitative estimate of drug-likeness (QED) is 0.858. The summed E-state index contributed by atoms with van der Waals surface area (Å²) in [6.45, 7) is 9.22. The molecule has 21 heavy (non-hydrogen) atoms. The summed E-state index contributed by atoms with van der Waals surface area (Å²) in [6.07, 6.45) is 1.76. The van der Waals surface area contributed by atoms with Crippen molar-refractivity contribution in [1.29, 1.82) is 0 Å². The van der Waals surface area contributed by atoms with Crippen molar-refractivity contribution in [2.45, 2.75) is 39.8 Å². The second-order valence-electron chi connectivity index (χ2n) is 6.05. The van der Waals surface area contributed by atoms with Crippen molar-refractivity contribution in [3.8, 4) is 11.5 Å². The van der Waals surface area contributed by atoms with Crippen LogP contribution in [-0.2, 0) is 6.54 Å². The Morgan fingerprint density at radius 2 is 2.00 bits per heavy atom. The molecule has 0 aliphatic heterocycles. The van der Waals surface area contributed by atoms with Crippen LogP contribution in [0.15, 0.2) is 41.0 Å². The number of benzene rings is 1. The van der Waals surface area contributed by atoms with Gasteiger partial charge >= 0.3 is 0 Å². The van der Waals surface area contributed by atoms with Crippen LogP contribution in [0.3, 0.4) is 0 Å².